The molecule has 4 aromatic heterocycles. The summed E-state index contributed by atoms with van der Waals surface area (Å²) in [6.07, 6.45) is 0. The van der Waals surface area contributed by atoms with Crippen molar-refractivity contribution in [3.05, 3.63) is 121 Å². The Balaban J connectivity index is 1.13. The van der Waals surface area contributed by atoms with Crippen LogP contribution in [0.3, 0.4) is 0 Å². The van der Waals surface area contributed by atoms with Crippen molar-refractivity contribution in [1.29, 1.82) is 0 Å². The molecule has 0 aliphatic rings. The summed E-state index contributed by atoms with van der Waals surface area (Å²) in [5.74, 6) is 0. The van der Waals surface area contributed by atoms with Crippen LogP contribution in [0.15, 0.2) is 121 Å². The summed E-state index contributed by atoms with van der Waals surface area (Å²) in [7, 11) is 0. The van der Waals surface area contributed by atoms with Crippen molar-refractivity contribution in [3.8, 4) is 32.8 Å². The van der Waals surface area contributed by atoms with Crippen molar-refractivity contribution >= 4 is 107 Å². The lowest BCUT2D eigenvalue weighted by Crippen LogP contribution is -2.12. The molecule has 10 rings (SSSR count). The molecule has 232 valence electrons. The van der Waals surface area contributed by atoms with E-state index < -0.39 is 0 Å². The number of anilines is 3. The van der Waals surface area contributed by atoms with Crippen LogP contribution in [-0.4, -0.2) is 31.2 Å². The Kier molecular flexibility index (Phi) is 6.72. The number of nitrogens with zero attached hydrogens (tertiary/aromatic N) is 8. The predicted molar refractivity (Wildman–Crippen MR) is 204 cm³/mol. The van der Waals surface area contributed by atoms with Crippen LogP contribution < -0.4 is 4.90 Å². The highest BCUT2D eigenvalue weighted by Crippen LogP contribution is 2.46. The first-order valence-corrected chi connectivity index (χ1v) is 18.3. The Morgan fingerprint density at radius 3 is 1.65 bits per heavy atom. The Bertz CT molecular complexity index is 2770. The van der Waals surface area contributed by atoms with Gasteiger partial charge >= 0.3 is 0 Å². The van der Waals surface area contributed by atoms with Crippen LogP contribution in [0, 0.1) is 0 Å². The van der Waals surface area contributed by atoms with Gasteiger partial charge in [0.25, 0.3) is 0 Å². The van der Waals surface area contributed by atoms with Gasteiger partial charge in [-0.2, -0.15) is 26.2 Å². The molecule has 0 radical (unpaired) electrons. The molecule has 0 N–H and O–H groups in total. The molecule has 0 unspecified atom stereocenters. The van der Waals surface area contributed by atoms with E-state index >= 15 is 0 Å². The van der Waals surface area contributed by atoms with Crippen LogP contribution in [0.5, 0.6) is 0 Å². The molecule has 6 aromatic carbocycles. The Hall–Kier alpha value is -5.53. The molecule has 12 heteroatoms. The highest BCUT2D eigenvalue weighted by atomic mass is 32.1. The van der Waals surface area contributed by atoms with Crippen LogP contribution >= 0.6 is 46.5 Å². The van der Waals surface area contributed by atoms with Gasteiger partial charge < -0.3 is 4.90 Å². The number of rotatable bonds is 6. The number of para-hydroxylation sites is 1. The smallest absolute Gasteiger partial charge is 0.129 e. The van der Waals surface area contributed by atoms with E-state index in [4.69, 9.17) is 26.9 Å². The zero-order valence-electron chi connectivity index (χ0n) is 25.3. The van der Waals surface area contributed by atoms with Crippen LogP contribution in [0.2, 0.25) is 0 Å². The molecule has 0 amide bonds. The van der Waals surface area contributed by atoms with Crippen molar-refractivity contribution in [3.63, 3.8) is 0 Å². The first-order valence-electron chi connectivity index (χ1n) is 15.3. The zero-order valence-corrected chi connectivity index (χ0v) is 28.5. The Morgan fingerprint density at radius 2 is 0.939 bits per heavy atom. The zero-order chi connectivity index (χ0) is 32.3. The lowest BCUT2D eigenvalue weighted by molar-refractivity contribution is 1.31. The van der Waals surface area contributed by atoms with Crippen molar-refractivity contribution in [2.75, 3.05) is 4.90 Å². The summed E-state index contributed by atoms with van der Waals surface area (Å²) in [5.41, 5.74) is 13.9. The molecular formula is C37H20N8S4. The normalized spacial score (nSPS) is 11.7. The van der Waals surface area contributed by atoms with Crippen LogP contribution in [0.1, 0.15) is 0 Å². The maximum atomic E-state index is 4.88. The average molecular weight is 705 g/mol. The predicted octanol–water partition coefficient (Wildman–Crippen LogP) is 10.8. The van der Waals surface area contributed by atoms with Crippen LogP contribution in [-0.2, 0) is 0 Å². The molecule has 10 aromatic rings. The largest absolute Gasteiger partial charge is 0.304 e. The van der Waals surface area contributed by atoms with E-state index in [2.05, 4.69) is 94.2 Å². The first-order chi connectivity index (χ1) is 24.3. The highest BCUT2D eigenvalue weighted by molar-refractivity contribution is 7.21. The second kappa shape index (κ2) is 11.6. The minimum Gasteiger partial charge on any atom is -0.304 e. The molecule has 0 fully saturated rings. The lowest BCUT2D eigenvalue weighted by atomic mass is 10.00. The third-order valence-electron chi connectivity index (χ3n) is 8.60. The molecular weight excluding hydrogens is 685 g/mol. The quantitative estimate of drug-likeness (QED) is 0.169. The number of benzene rings is 6. The molecule has 8 nitrogen and oxygen atoms in total. The van der Waals surface area contributed by atoms with Gasteiger partial charge in [0.1, 0.15) is 38.1 Å². The monoisotopic (exact) mass is 704 g/mol. The molecule has 0 spiro atoms. The summed E-state index contributed by atoms with van der Waals surface area (Å²) in [6, 6.07) is 41.7. The molecule has 0 aliphatic heterocycles. The number of hydrogen-bond donors (Lipinski definition) is 0. The SMILES string of the molecule is c1ccc(-c2ccc(N(c3cccc4nsnc34)c3ccc(-c4ccc(-c5nc6ccccc6s5)cc4)c4nsnc34)c3nsnc23)cc1. The van der Waals surface area contributed by atoms with Gasteiger partial charge in [-0.15, -0.1) is 11.3 Å². The summed E-state index contributed by atoms with van der Waals surface area (Å²) in [5, 5.41) is 1.01. The molecule has 49 heavy (non-hydrogen) atoms. The second-order valence-corrected chi connectivity index (χ2v) is 14.0. The van der Waals surface area contributed by atoms with E-state index in [1.807, 2.05) is 36.4 Å². The topological polar surface area (TPSA) is 93.5 Å². The minimum absolute atomic E-state index is 0.793. The fourth-order valence-corrected chi connectivity index (χ4v) is 8.95. The van der Waals surface area contributed by atoms with Crippen molar-refractivity contribution in [2.45, 2.75) is 0 Å². The minimum atomic E-state index is 0.793. The van der Waals surface area contributed by atoms with Gasteiger partial charge in [-0.3, -0.25) is 0 Å². The second-order valence-electron chi connectivity index (χ2n) is 11.4. The van der Waals surface area contributed by atoms with E-state index in [1.165, 1.54) is 39.9 Å². The van der Waals surface area contributed by atoms with Gasteiger partial charge in [-0.25, -0.2) is 4.98 Å². The fraction of sp³-hybridized carbons (Fsp3) is 0. The fourth-order valence-electron chi connectivity index (χ4n) is 6.30. The first kappa shape index (κ1) is 28.5. The van der Waals surface area contributed by atoms with Gasteiger partial charge in [0.2, 0.25) is 0 Å². The van der Waals surface area contributed by atoms with Crippen molar-refractivity contribution in [1.82, 2.24) is 31.2 Å². The maximum Gasteiger partial charge on any atom is 0.129 e. The molecule has 0 atom stereocenters. The summed E-state index contributed by atoms with van der Waals surface area (Å²) in [6.45, 7) is 0. The lowest BCUT2D eigenvalue weighted by Gasteiger charge is -2.26. The van der Waals surface area contributed by atoms with Gasteiger partial charge in [-0.1, -0.05) is 72.8 Å². The van der Waals surface area contributed by atoms with Crippen LogP contribution in [0.4, 0.5) is 17.1 Å². The maximum absolute atomic E-state index is 4.88. The van der Waals surface area contributed by atoms with Gasteiger partial charge in [0, 0.05) is 16.7 Å². The summed E-state index contributed by atoms with van der Waals surface area (Å²) in [4.78, 5) is 7.03. The van der Waals surface area contributed by atoms with E-state index in [9.17, 15) is 0 Å². The Morgan fingerprint density at radius 1 is 0.388 bits per heavy atom. The van der Waals surface area contributed by atoms with Gasteiger partial charge in [0.05, 0.1) is 62.5 Å². The molecule has 0 saturated heterocycles. The average Bonchev–Trinajstić information content (AvgIpc) is 3.98. The van der Waals surface area contributed by atoms with Crippen molar-refractivity contribution in [2.24, 2.45) is 0 Å². The van der Waals surface area contributed by atoms with E-state index in [-0.39, 0.29) is 0 Å². The molecule has 4 heterocycles. The summed E-state index contributed by atoms with van der Waals surface area (Å²) < 4.78 is 29.8. The number of hydrogen-bond acceptors (Lipinski definition) is 12. The molecule has 0 bridgehead atoms. The summed E-state index contributed by atoms with van der Waals surface area (Å²) >= 11 is 5.33. The number of fused-ring (bicyclic) bond motifs is 4. The van der Waals surface area contributed by atoms with Gasteiger partial charge in [0.15, 0.2) is 0 Å². The molecule has 0 aliphatic carbocycles. The van der Waals surface area contributed by atoms with E-state index in [0.717, 1.165) is 88.5 Å². The molecule has 0 saturated carbocycles. The highest BCUT2D eigenvalue weighted by Gasteiger charge is 2.26. The number of aromatic nitrogens is 7. The van der Waals surface area contributed by atoms with Crippen LogP contribution in [0.25, 0.3) is 76.1 Å². The third kappa shape index (κ3) is 4.71. The van der Waals surface area contributed by atoms with E-state index in [1.54, 1.807) is 11.3 Å². The van der Waals surface area contributed by atoms with E-state index in [0.29, 0.717) is 0 Å². The van der Waals surface area contributed by atoms with Gasteiger partial charge in [-0.05, 0) is 59.7 Å². The van der Waals surface area contributed by atoms with Crippen molar-refractivity contribution < 1.29 is 0 Å². The third-order valence-corrected chi connectivity index (χ3v) is 11.3. The number of thiazole rings is 1. The standard InChI is InChI=1S/C37H20N8S4/c1-2-7-21(8-3-1)24-17-19-29(35-32(24)40-48-43-35)45(28-11-6-10-27-34(28)42-47-39-27)30-20-18-25(33-36(30)44-49-41-33)22-13-15-23(16-14-22)37-38-26-9-4-5-12-31(26)46-37/h1-20H. The Labute approximate surface area is 295 Å².